The zero-order valence-corrected chi connectivity index (χ0v) is 12.9. The van der Waals surface area contributed by atoms with Crippen LogP contribution in [0.2, 0.25) is 0 Å². The number of anilines is 2. The molecule has 0 aliphatic carbocycles. The Bertz CT molecular complexity index is 690. The van der Waals surface area contributed by atoms with Gasteiger partial charge < -0.3 is 15.4 Å². The summed E-state index contributed by atoms with van der Waals surface area (Å²) in [6.07, 6.45) is 0.00830. The molecular formula is C17H18F2N2O2. The number of amides is 1. The molecule has 2 aromatic carbocycles. The van der Waals surface area contributed by atoms with Crippen molar-refractivity contribution >= 4 is 17.3 Å². The lowest BCUT2D eigenvalue weighted by Crippen LogP contribution is -2.22. The molecule has 2 rings (SSSR count). The van der Waals surface area contributed by atoms with E-state index in [1.54, 1.807) is 12.1 Å². The fraction of sp³-hybridized carbons (Fsp3) is 0.235. The molecule has 0 unspecified atom stereocenters. The normalized spacial score (nSPS) is 10.5. The Kier molecular flexibility index (Phi) is 5.51. The average Bonchev–Trinajstić information content (AvgIpc) is 2.49. The van der Waals surface area contributed by atoms with E-state index in [0.717, 1.165) is 12.1 Å². The molecule has 6 heteroatoms. The van der Waals surface area contributed by atoms with Crippen LogP contribution in [0.15, 0.2) is 42.5 Å². The minimum atomic E-state index is -1.01. The first-order chi connectivity index (χ1) is 11.0. The third-order valence-electron chi connectivity index (χ3n) is 2.89. The van der Waals surface area contributed by atoms with Crippen LogP contribution in [-0.2, 0) is 4.79 Å². The molecule has 0 aliphatic heterocycles. The highest BCUT2D eigenvalue weighted by atomic mass is 19.2. The second-order valence-electron chi connectivity index (χ2n) is 5.19. The lowest BCUT2D eigenvalue weighted by Gasteiger charge is -2.15. The Morgan fingerprint density at radius 2 is 1.87 bits per heavy atom. The summed E-state index contributed by atoms with van der Waals surface area (Å²) in [5.41, 5.74) is 0.879. The molecule has 2 aromatic rings. The van der Waals surface area contributed by atoms with Crippen molar-refractivity contribution in [2.45, 2.75) is 20.0 Å². The molecule has 0 saturated carbocycles. The van der Waals surface area contributed by atoms with E-state index in [-0.39, 0.29) is 24.2 Å². The second-order valence-corrected chi connectivity index (χ2v) is 5.19. The van der Waals surface area contributed by atoms with Crippen molar-refractivity contribution in [2.24, 2.45) is 0 Å². The molecule has 0 fully saturated rings. The Labute approximate surface area is 133 Å². The van der Waals surface area contributed by atoms with E-state index in [2.05, 4.69) is 10.6 Å². The van der Waals surface area contributed by atoms with Crippen LogP contribution in [0.1, 0.15) is 13.8 Å². The predicted molar refractivity (Wildman–Crippen MR) is 85.7 cm³/mol. The number of nitrogens with one attached hydrogen (secondary N) is 2. The molecule has 0 atom stereocenters. The first-order valence-corrected chi connectivity index (χ1v) is 7.20. The molecule has 0 aliphatic rings. The van der Waals surface area contributed by atoms with Crippen molar-refractivity contribution in [1.82, 2.24) is 0 Å². The molecule has 0 spiro atoms. The molecule has 0 radical (unpaired) electrons. The lowest BCUT2D eigenvalue weighted by molar-refractivity contribution is -0.114. The highest BCUT2D eigenvalue weighted by Gasteiger charge is 2.08. The van der Waals surface area contributed by atoms with E-state index in [4.69, 9.17) is 4.74 Å². The van der Waals surface area contributed by atoms with Gasteiger partial charge in [-0.25, -0.2) is 8.78 Å². The summed E-state index contributed by atoms with van der Waals surface area (Å²) >= 11 is 0. The fourth-order valence-corrected chi connectivity index (χ4v) is 1.92. The summed E-state index contributed by atoms with van der Waals surface area (Å²) < 4.78 is 31.6. The molecule has 1 amide bonds. The Balaban J connectivity index is 1.95. The van der Waals surface area contributed by atoms with Gasteiger partial charge in [-0.15, -0.1) is 0 Å². The molecule has 122 valence electrons. The number of carbonyl (C=O) groups excluding carboxylic acids is 1. The van der Waals surface area contributed by atoms with E-state index in [1.807, 2.05) is 26.0 Å². The van der Waals surface area contributed by atoms with Crippen LogP contribution in [0.3, 0.4) is 0 Å². The van der Waals surface area contributed by atoms with Gasteiger partial charge in [-0.2, -0.15) is 0 Å². The van der Waals surface area contributed by atoms with Crippen molar-refractivity contribution in [2.75, 3.05) is 17.2 Å². The minimum absolute atomic E-state index is 0.00830. The summed E-state index contributed by atoms with van der Waals surface area (Å²) in [6, 6.07) is 10.4. The van der Waals surface area contributed by atoms with E-state index in [0.29, 0.717) is 11.4 Å². The van der Waals surface area contributed by atoms with Gasteiger partial charge in [0.25, 0.3) is 0 Å². The van der Waals surface area contributed by atoms with Gasteiger partial charge in [0.2, 0.25) is 5.91 Å². The van der Waals surface area contributed by atoms with Gasteiger partial charge in [0, 0.05) is 11.8 Å². The Hall–Kier alpha value is -2.63. The maximum Gasteiger partial charge on any atom is 0.243 e. The van der Waals surface area contributed by atoms with Crippen molar-refractivity contribution in [3.05, 3.63) is 54.1 Å². The van der Waals surface area contributed by atoms with Crippen molar-refractivity contribution in [1.29, 1.82) is 0 Å². The van der Waals surface area contributed by atoms with Crippen LogP contribution >= 0.6 is 0 Å². The van der Waals surface area contributed by atoms with Crippen molar-refractivity contribution < 1.29 is 18.3 Å². The number of hydrogen-bond acceptors (Lipinski definition) is 3. The predicted octanol–water partition coefficient (Wildman–Crippen LogP) is 3.80. The van der Waals surface area contributed by atoms with E-state index in [9.17, 15) is 13.6 Å². The summed E-state index contributed by atoms with van der Waals surface area (Å²) in [4.78, 5) is 11.9. The second kappa shape index (κ2) is 7.58. The third-order valence-corrected chi connectivity index (χ3v) is 2.89. The first-order valence-electron chi connectivity index (χ1n) is 7.20. The SMILES string of the molecule is CC(C)Oc1ccccc1NCC(=O)Nc1ccc(F)c(F)c1. The zero-order chi connectivity index (χ0) is 16.8. The largest absolute Gasteiger partial charge is 0.489 e. The Morgan fingerprint density at radius 1 is 1.13 bits per heavy atom. The lowest BCUT2D eigenvalue weighted by atomic mass is 10.2. The topological polar surface area (TPSA) is 50.4 Å². The molecule has 0 aromatic heterocycles. The number of rotatable bonds is 6. The number of halogens is 2. The van der Waals surface area contributed by atoms with Gasteiger partial charge in [0.05, 0.1) is 18.3 Å². The van der Waals surface area contributed by atoms with Crippen LogP contribution < -0.4 is 15.4 Å². The molecular weight excluding hydrogens is 302 g/mol. The molecule has 4 nitrogen and oxygen atoms in total. The molecule has 23 heavy (non-hydrogen) atoms. The number of benzene rings is 2. The van der Waals surface area contributed by atoms with E-state index >= 15 is 0 Å². The maximum absolute atomic E-state index is 13.1. The summed E-state index contributed by atoms with van der Waals surface area (Å²) in [7, 11) is 0. The molecule has 0 saturated heterocycles. The molecule has 0 bridgehead atoms. The van der Waals surface area contributed by atoms with Gasteiger partial charge in [-0.1, -0.05) is 12.1 Å². The van der Waals surface area contributed by atoms with Crippen LogP contribution in [0.25, 0.3) is 0 Å². The van der Waals surface area contributed by atoms with Crippen LogP contribution in [0, 0.1) is 11.6 Å². The fourth-order valence-electron chi connectivity index (χ4n) is 1.92. The van der Waals surface area contributed by atoms with Crippen LogP contribution in [-0.4, -0.2) is 18.6 Å². The molecule has 2 N–H and O–H groups in total. The van der Waals surface area contributed by atoms with Gasteiger partial charge in [-0.3, -0.25) is 4.79 Å². The van der Waals surface area contributed by atoms with E-state index in [1.165, 1.54) is 6.07 Å². The van der Waals surface area contributed by atoms with Crippen LogP contribution in [0.5, 0.6) is 5.75 Å². The summed E-state index contributed by atoms with van der Waals surface area (Å²) in [5.74, 6) is -1.70. The number of ether oxygens (including phenoxy) is 1. The van der Waals surface area contributed by atoms with Gasteiger partial charge in [0.15, 0.2) is 11.6 Å². The summed E-state index contributed by atoms with van der Waals surface area (Å²) in [6.45, 7) is 3.79. The minimum Gasteiger partial charge on any atom is -0.489 e. The first kappa shape index (κ1) is 16.7. The molecule has 0 heterocycles. The number of carbonyl (C=O) groups is 1. The zero-order valence-electron chi connectivity index (χ0n) is 12.9. The quantitative estimate of drug-likeness (QED) is 0.851. The number of hydrogen-bond donors (Lipinski definition) is 2. The third kappa shape index (κ3) is 4.95. The van der Waals surface area contributed by atoms with Gasteiger partial charge >= 0.3 is 0 Å². The highest BCUT2D eigenvalue weighted by Crippen LogP contribution is 2.24. The highest BCUT2D eigenvalue weighted by molar-refractivity contribution is 5.93. The van der Waals surface area contributed by atoms with Crippen molar-refractivity contribution in [3.8, 4) is 5.75 Å². The van der Waals surface area contributed by atoms with Gasteiger partial charge in [0.1, 0.15) is 5.75 Å². The Morgan fingerprint density at radius 3 is 2.57 bits per heavy atom. The van der Waals surface area contributed by atoms with E-state index < -0.39 is 11.6 Å². The monoisotopic (exact) mass is 320 g/mol. The van der Waals surface area contributed by atoms with Gasteiger partial charge in [-0.05, 0) is 38.1 Å². The van der Waals surface area contributed by atoms with Crippen LogP contribution in [0.4, 0.5) is 20.2 Å². The van der Waals surface area contributed by atoms with Crippen molar-refractivity contribution in [3.63, 3.8) is 0 Å². The standard InChI is InChI=1S/C17H18F2N2O2/c1-11(2)23-16-6-4-3-5-15(16)20-10-17(22)21-12-7-8-13(18)14(19)9-12/h3-9,11,20H,10H2,1-2H3,(H,21,22). The number of para-hydroxylation sites is 2. The maximum atomic E-state index is 13.1. The average molecular weight is 320 g/mol. The smallest absolute Gasteiger partial charge is 0.243 e. The summed E-state index contributed by atoms with van der Waals surface area (Å²) in [5, 5.41) is 5.45.